The topological polar surface area (TPSA) is 75.2 Å². The summed E-state index contributed by atoms with van der Waals surface area (Å²) < 4.78 is 5.19. The molecule has 0 aliphatic heterocycles. The second-order valence-electron chi connectivity index (χ2n) is 4.41. The smallest absolute Gasteiger partial charge is 0.307 e. The summed E-state index contributed by atoms with van der Waals surface area (Å²) in [6.07, 6.45) is -0.0625. The van der Waals surface area contributed by atoms with E-state index in [1.165, 1.54) is 7.11 Å². The molecule has 0 atom stereocenters. The molecule has 100 valence electrons. The van der Waals surface area contributed by atoms with Crippen molar-refractivity contribution in [2.75, 3.05) is 7.11 Å². The van der Waals surface area contributed by atoms with Gasteiger partial charge >= 0.3 is 5.97 Å². The number of H-pyrrole nitrogens is 1. The number of aliphatic carboxylic acids is 1. The molecule has 0 fully saturated rings. The number of nitrogens with zero attached hydrogens (tertiary/aromatic N) is 1. The van der Waals surface area contributed by atoms with E-state index in [2.05, 4.69) is 10.2 Å². The van der Waals surface area contributed by atoms with Crippen molar-refractivity contribution in [2.45, 2.75) is 20.3 Å². The van der Waals surface area contributed by atoms with Crippen molar-refractivity contribution < 1.29 is 14.6 Å². The van der Waals surface area contributed by atoms with Gasteiger partial charge in [0, 0.05) is 16.8 Å². The Morgan fingerprint density at radius 3 is 2.68 bits per heavy atom. The summed E-state index contributed by atoms with van der Waals surface area (Å²) >= 11 is 0. The average molecular weight is 260 g/mol. The first-order valence-corrected chi connectivity index (χ1v) is 5.93. The summed E-state index contributed by atoms with van der Waals surface area (Å²) in [5.41, 5.74) is 4.47. The molecule has 5 nitrogen and oxygen atoms in total. The van der Waals surface area contributed by atoms with Crippen LogP contribution in [0.15, 0.2) is 18.2 Å². The van der Waals surface area contributed by atoms with E-state index in [0.29, 0.717) is 11.3 Å². The molecular formula is C14H16N2O3. The number of aromatic nitrogens is 2. The summed E-state index contributed by atoms with van der Waals surface area (Å²) in [5.74, 6) is -0.291. The summed E-state index contributed by atoms with van der Waals surface area (Å²) in [4.78, 5) is 10.9. The highest BCUT2D eigenvalue weighted by molar-refractivity contribution is 5.75. The fraction of sp³-hybridized carbons (Fsp3) is 0.286. The van der Waals surface area contributed by atoms with E-state index in [0.717, 1.165) is 22.5 Å². The molecule has 0 aliphatic carbocycles. The SMILES string of the molecule is COc1ccc(-c2c(C)n[nH]c2C)cc1CC(=O)O. The zero-order chi connectivity index (χ0) is 14.0. The van der Waals surface area contributed by atoms with Gasteiger partial charge in [0.15, 0.2) is 0 Å². The minimum absolute atomic E-state index is 0.0625. The summed E-state index contributed by atoms with van der Waals surface area (Å²) in [7, 11) is 1.54. The van der Waals surface area contributed by atoms with Crippen LogP contribution in [0.1, 0.15) is 17.0 Å². The van der Waals surface area contributed by atoms with Crippen molar-refractivity contribution in [3.8, 4) is 16.9 Å². The normalized spacial score (nSPS) is 10.5. The van der Waals surface area contributed by atoms with Crippen LogP contribution < -0.4 is 4.74 Å². The van der Waals surface area contributed by atoms with Crippen molar-refractivity contribution in [1.82, 2.24) is 10.2 Å². The highest BCUT2D eigenvalue weighted by Gasteiger charge is 2.13. The number of hydrogen-bond donors (Lipinski definition) is 2. The molecule has 1 heterocycles. The van der Waals surface area contributed by atoms with Crippen molar-refractivity contribution in [2.24, 2.45) is 0 Å². The highest BCUT2D eigenvalue weighted by Crippen LogP contribution is 2.30. The fourth-order valence-electron chi connectivity index (χ4n) is 2.21. The van der Waals surface area contributed by atoms with Crippen molar-refractivity contribution in [3.05, 3.63) is 35.2 Å². The predicted octanol–water partition coefficient (Wildman–Crippen LogP) is 2.33. The van der Waals surface area contributed by atoms with Crippen molar-refractivity contribution in [3.63, 3.8) is 0 Å². The molecule has 0 saturated carbocycles. The number of carboxylic acid groups (broad SMARTS) is 1. The van der Waals surface area contributed by atoms with Crippen LogP contribution in [0, 0.1) is 13.8 Å². The number of rotatable bonds is 4. The van der Waals surface area contributed by atoms with Gasteiger partial charge < -0.3 is 9.84 Å². The molecule has 2 N–H and O–H groups in total. The minimum Gasteiger partial charge on any atom is -0.496 e. The predicted molar refractivity (Wildman–Crippen MR) is 71.4 cm³/mol. The molecule has 0 spiro atoms. The number of carboxylic acids is 1. The Bertz CT molecular complexity index is 598. The third kappa shape index (κ3) is 2.59. The maximum absolute atomic E-state index is 10.9. The van der Waals surface area contributed by atoms with Gasteiger partial charge in [0.05, 0.1) is 19.2 Å². The second kappa shape index (κ2) is 5.14. The van der Waals surface area contributed by atoms with Crippen LogP contribution in [0.25, 0.3) is 11.1 Å². The van der Waals surface area contributed by atoms with Gasteiger partial charge in [0.25, 0.3) is 0 Å². The third-order valence-corrected chi connectivity index (χ3v) is 3.04. The number of methoxy groups -OCH3 is 1. The van der Waals surface area contributed by atoms with Gasteiger partial charge in [-0.3, -0.25) is 9.89 Å². The van der Waals surface area contributed by atoms with Gasteiger partial charge in [0.1, 0.15) is 5.75 Å². The van der Waals surface area contributed by atoms with Crippen molar-refractivity contribution >= 4 is 5.97 Å². The molecule has 2 aromatic rings. The molecular weight excluding hydrogens is 244 g/mol. The lowest BCUT2D eigenvalue weighted by atomic mass is 9.99. The lowest BCUT2D eigenvalue weighted by Crippen LogP contribution is -2.02. The summed E-state index contributed by atoms with van der Waals surface area (Å²) in [5, 5.41) is 16.0. The van der Waals surface area contributed by atoms with Crippen LogP contribution in [0.4, 0.5) is 0 Å². The van der Waals surface area contributed by atoms with Crippen LogP contribution in [0.2, 0.25) is 0 Å². The number of aryl methyl sites for hydroxylation is 2. The van der Waals surface area contributed by atoms with Gasteiger partial charge in [-0.2, -0.15) is 5.10 Å². The van der Waals surface area contributed by atoms with Crippen molar-refractivity contribution in [1.29, 1.82) is 0 Å². The van der Waals surface area contributed by atoms with Gasteiger partial charge in [-0.25, -0.2) is 0 Å². The van der Waals surface area contributed by atoms with Gasteiger partial charge in [-0.1, -0.05) is 6.07 Å². The monoisotopic (exact) mass is 260 g/mol. The molecule has 0 amide bonds. The fourth-order valence-corrected chi connectivity index (χ4v) is 2.21. The average Bonchev–Trinajstić information content (AvgIpc) is 2.68. The van der Waals surface area contributed by atoms with E-state index < -0.39 is 5.97 Å². The molecule has 0 unspecified atom stereocenters. The third-order valence-electron chi connectivity index (χ3n) is 3.04. The second-order valence-corrected chi connectivity index (χ2v) is 4.41. The Morgan fingerprint density at radius 2 is 2.16 bits per heavy atom. The molecule has 0 radical (unpaired) electrons. The molecule has 1 aromatic heterocycles. The van der Waals surface area contributed by atoms with E-state index in [9.17, 15) is 4.79 Å². The van der Waals surface area contributed by atoms with Crippen LogP contribution >= 0.6 is 0 Å². The highest BCUT2D eigenvalue weighted by atomic mass is 16.5. The van der Waals surface area contributed by atoms with Crippen LogP contribution in [0.5, 0.6) is 5.75 Å². The van der Waals surface area contributed by atoms with Gasteiger partial charge in [-0.05, 0) is 31.5 Å². The number of carbonyl (C=O) groups is 1. The standard InChI is InChI=1S/C14H16N2O3/c1-8-14(9(2)16-15-8)10-4-5-12(19-3)11(6-10)7-13(17)18/h4-6H,7H2,1-3H3,(H,15,16)(H,17,18). The van der Waals surface area contributed by atoms with E-state index in [-0.39, 0.29) is 6.42 Å². The number of benzene rings is 1. The van der Waals surface area contributed by atoms with Crippen LogP contribution in [-0.4, -0.2) is 28.4 Å². The number of nitrogens with one attached hydrogen (secondary N) is 1. The largest absolute Gasteiger partial charge is 0.496 e. The van der Waals surface area contributed by atoms with Gasteiger partial charge in [-0.15, -0.1) is 0 Å². The number of aromatic amines is 1. The quantitative estimate of drug-likeness (QED) is 0.884. The van der Waals surface area contributed by atoms with Crippen LogP contribution in [0.3, 0.4) is 0 Å². The molecule has 19 heavy (non-hydrogen) atoms. The Balaban J connectivity index is 2.51. The Hall–Kier alpha value is -2.30. The minimum atomic E-state index is -0.879. The molecule has 5 heteroatoms. The molecule has 0 saturated heterocycles. The number of ether oxygens (including phenoxy) is 1. The first-order valence-electron chi connectivity index (χ1n) is 5.93. The van der Waals surface area contributed by atoms with E-state index >= 15 is 0 Å². The molecule has 0 aliphatic rings. The first-order chi connectivity index (χ1) is 9.02. The first kappa shape index (κ1) is 13.1. The Morgan fingerprint density at radius 1 is 1.42 bits per heavy atom. The molecule has 1 aromatic carbocycles. The lowest BCUT2D eigenvalue weighted by Gasteiger charge is -2.09. The Kier molecular flexibility index (Phi) is 3.55. The van der Waals surface area contributed by atoms with E-state index in [1.54, 1.807) is 6.07 Å². The van der Waals surface area contributed by atoms with E-state index in [1.807, 2.05) is 26.0 Å². The number of hydrogen-bond acceptors (Lipinski definition) is 3. The zero-order valence-corrected chi connectivity index (χ0v) is 11.2. The summed E-state index contributed by atoms with van der Waals surface area (Å²) in [6, 6.07) is 5.55. The van der Waals surface area contributed by atoms with Crippen LogP contribution in [-0.2, 0) is 11.2 Å². The van der Waals surface area contributed by atoms with E-state index in [4.69, 9.17) is 9.84 Å². The lowest BCUT2D eigenvalue weighted by molar-refractivity contribution is -0.136. The zero-order valence-electron chi connectivity index (χ0n) is 11.2. The maximum atomic E-state index is 10.9. The maximum Gasteiger partial charge on any atom is 0.307 e. The van der Waals surface area contributed by atoms with Gasteiger partial charge in [0.2, 0.25) is 0 Å². The molecule has 0 bridgehead atoms. The molecule has 2 rings (SSSR count). The summed E-state index contributed by atoms with van der Waals surface area (Å²) in [6.45, 7) is 3.86. The Labute approximate surface area is 111 Å².